The van der Waals surface area contributed by atoms with Crippen LogP contribution in [0.3, 0.4) is 0 Å². The molecule has 0 aliphatic carbocycles. The Morgan fingerprint density at radius 1 is 0.571 bits per heavy atom. The quantitative estimate of drug-likeness (QED) is 0.483. The van der Waals surface area contributed by atoms with Crippen LogP contribution in [0.4, 0.5) is 0 Å². The number of pyridine rings is 3. The van der Waals surface area contributed by atoms with Gasteiger partial charge >= 0.3 is 17.9 Å². The van der Waals surface area contributed by atoms with E-state index in [-0.39, 0.29) is 58.0 Å². The summed E-state index contributed by atoms with van der Waals surface area (Å²) in [6.07, 6.45) is 8.53. The minimum atomic E-state index is -0.942. The molecule has 0 unspecified atom stereocenters. The molecule has 9 nitrogen and oxygen atoms in total. The normalized spacial score (nSPS) is 8.57. The molecule has 1 radical (unpaired) electrons. The van der Waals surface area contributed by atoms with E-state index in [1.54, 1.807) is 18.2 Å². The minimum absolute atomic E-state index is 0. The number of carboxylic acids is 3. The summed E-state index contributed by atoms with van der Waals surface area (Å²) in [6, 6.07) is 9.25. The molecule has 0 aromatic carbocycles. The van der Waals surface area contributed by atoms with Crippen LogP contribution in [0, 0.1) is 41.3 Å². The van der Waals surface area contributed by atoms with E-state index in [4.69, 9.17) is 15.3 Å². The fraction of sp³-hybridized carbons (Fsp3) is 0. The van der Waals surface area contributed by atoms with Crippen molar-refractivity contribution in [2.45, 2.75) is 0 Å². The Hall–Kier alpha value is -2.78. The number of hydrogen-bond donors (Lipinski definition) is 3. The summed E-state index contributed by atoms with van der Waals surface area (Å²) in [7, 11) is 0. The minimum Gasteiger partial charge on any atom is -0.478 e. The van der Waals surface area contributed by atoms with Crippen molar-refractivity contribution >= 4 is 17.9 Å². The van der Waals surface area contributed by atoms with Crippen LogP contribution in [-0.2, 0) is 0 Å². The smallest absolute Gasteiger partial charge is 0.337 e. The van der Waals surface area contributed by atoms with Crippen LogP contribution < -0.4 is 0 Å². The monoisotopic (exact) mass is 510 g/mol. The van der Waals surface area contributed by atoms with Gasteiger partial charge in [-0.25, -0.2) is 14.4 Å². The average molecular weight is 510 g/mol. The largest absolute Gasteiger partial charge is 0.478 e. The number of carboxylic acid groups (broad SMARTS) is 3. The number of hydrogen-bond acceptors (Lipinski definition) is 6. The molecule has 0 atom stereocenters. The van der Waals surface area contributed by atoms with Crippen LogP contribution in [0.25, 0.3) is 0 Å². The van der Waals surface area contributed by atoms with Gasteiger partial charge in [0.15, 0.2) is 0 Å². The van der Waals surface area contributed by atoms with E-state index < -0.39 is 17.9 Å². The molecule has 0 amide bonds. The molecule has 3 heterocycles. The van der Waals surface area contributed by atoms with Crippen LogP contribution in [0.5, 0.6) is 0 Å². The first kappa shape index (κ1) is 25.2. The molecular formula is C18H15N3O6Pr. The third-order valence-electron chi connectivity index (χ3n) is 2.73. The van der Waals surface area contributed by atoms with Gasteiger partial charge in [0.1, 0.15) is 0 Å². The van der Waals surface area contributed by atoms with Crippen molar-refractivity contribution in [1.29, 1.82) is 0 Å². The first-order valence-corrected chi connectivity index (χ1v) is 7.31. The molecule has 0 spiro atoms. The number of aromatic nitrogens is 3. The summed E-state index contributed by atoms with van der Waals surface area (Å²) in [5.74, 6) is -2.82. The number of rotatable bonds is 3. The first-order chi connectivity index (χ1) is 12.9. The molecule has 3 aromatic rings. The van der Waals surface area contributed by atoms with E-state index in [1.165, 1.54) is 55.4 Å². The zero-order valence-corrected chi connectivity index (χ0v) is 18.1. The Morgan fingerprint density at radius 2 is 0.821 bits per heavy atom. The van der Waals surface area contributed by atoms with Crippen LogP contribution in [0.1, 0.15) is 31.1 Å². The van der Waals surface area contributed by atoms with Crippen LogP contribution in [-0.4, -0.2) is 48.2 Å². The van der Waals surface area contributed by atoms with Gasteiger partial charge in [-0.15, -0.1) is 0 Å². The fourth-order valence-corrected chi connectivity index (χ4v) is 1.47. The maximum absolute atomic E-state index is 10.2. The van der Waals surface area contributed by atoms with E-state index in [2.05, 4.69) is 15.0 Å². The second kappa shape index (κ2) is 14.3. The molecule has 28 heavy (non-hydrogen) atoms. The summed E-state index contributed by atoms with van der Waals surface area (Å²) in [5.41, 5.74) is 0.660. The maximum atomic E-state index is 10.2. The predicted molar refractivity (Wildman–Crippen MR) is 93.6 cm³/mol. The van der Waals surface area contributed by atoms with Gasteiger partial charge in [-0.3, -0.25) is 15.0 Å². The molecule has 0 saturated heterocycles. The van der Waals surface area contributed by atoms with Crippen molar-refractivity contribution in [3.8, 4) is 0 Å². The number of aromatic carboxylic acids is 3. The molecular weight excluding hydrogens is 495 g/mol. The van der Waals surface area contributed by atoms with Gasteiger partial charge in [0, 0.05) is 78.5 Å². The summed E-state index contributed by atoms with van der Waals surface area (Å²) in [5, 5.41) is 25.0. The molecule has 10 heteroatoms. The van der Waals surface area contributed by atoms with Gasteiger partial charge in [0.05, 0.1) is 16.7 Å². The fourth-order valence-electron chi connectivity index (χ4n) is 1.47. The molecule has 0 fully saturated rings. The van der Waals surface area contributed by atoms with Crippen molar-refractivity contribution in [1.82, 2.24) is 15.0 Å². The number of nitrogens with zero attached hydrogens (tertiary/aromatic N) is 3. The average Bonchev–Trinajstić information content (AvgIpc) is 2.71. The van der Waals surface area contributed by atoms with Crippen LogP contribution in [0.2, 0.25) is 0 Å². The summed E-state index contributed by atoms with van der Waals surface area (Å²) < 4.78 is 0. The Balaban J connectivity index is 0.000000384. The zero-order chi connectivity index (χ0) is 20.1. The van der Waals surface area contributed by atoms with E-state index in [0.29, 0.717) is 0 Å². The summed E-state index contributed by atoms with van der Waals surface area (Å²) in [4.78, 5) is 41.4. The van der Waals surface area contributed by atoms with E-state index >= 15 is 0 Å². The van der Waals surface area contributed by atoms with Crippen LogP contribution >= 0.6 is 0 Å². The van der Waals surface area contributed by atoms with Gasteiger partial charge in [0.2, 0.25) is 0 Å². The van der Waals surface area contributed by atoms with E-state index in [1.807, 2.05) is 0 Å². The third-order valence-corrected chi connectivity index (χ3v) is 2.73. The topological polar surface area (TPSA) is 151 Å². The Bertz CT molecular complexity index is 747. The third kappa shape index (κ3) is 10.4. The van der Waals surface area contributed by atoms with Gasteiger partial charge in [-0.2, -0.15) is 0 Å². The van der Waals surface area contributed by atoms with Gasteiger partial charge < -0.3 is 15.3 Å². The van der Waals surface area contributed by atoms with Crippen molar-refractivity contribution in [3.05, 3.63) is 90.3 Å². The number of carbonyl (C=O) groups is 3. The Labute approximate surface area is 193 Å². The predicted octanol–water partition coefficient (Wildman–Crippen LogP) is 2.34. The summed E-state index contributed by atoms with van der Waals surface area (Å²) in [6.45, 7) is 0. The molecule has 3 N–H and O–H groups in total. The standard InChI is InChI=1S/3C6H5NO2.Pr/c3*8-6(9)5-2-1-3-7-4-5;/h3*1-4H,(H,8,9);. The molecule has 3 rings (SSSR count). The van der Waals surface area contributed by atoms with Gasteiger partial charge in [-0.1, -0.05) is 0 Å². The van der Waals surface area contributed by atoms with Crippen molar-refractivity contribution in [2.75, 3.05) is 0 Å². The second-order valence-corrected chi connectivity index (χ2v) is 4.64. The zero-order valence-electron chi connectivity index (χ0n) is 14.4. The first-order valence-electron chi connectivity index (χ1n) is 7.31. The van der Waals surface area contributed by atoms with Gasteiger partial charge in [0.25, 0.3) is 0 Å². The van der Waals surface area contributed by atoms with Crippen LogP contribution in [0.15, 0.2) is 73.6 Å². The molecule has 141 valence electrons. The van der Waals surface area contributed by atoms with Crippen molar-refractivity contribution in [2.24, 2.45) is 0 Å². The van der Waals surface area contributed by atoms with Crippen molar-refractivity contribution < 1.29 is 71.0 Å². The Kier molecular flexibility index (Phi) is 12.9. The van der Waals surface area contributed by atoms with E-state index in [0.717, 1.165) is 0 Å². The maximum Gasteiger partial charge on any atom is 0.337 e. The summed E-state index contributed by atoms with van der Waals surface area (Å²) >= 11 is 0. The SMILES string of the molecule is O=C(O)c1cccnc1.O=C(O)c1cccnc1.O=C(O)c1cccnc1.[Pr]. The molecule has 0 bridgehead atoms. The molecule has 0 saturated carbocycles. The molecule has 0 aliphatic heterocycles. The van der Waals surface area contributed by atoms with Gasteiger partial charge in [-0.05, 0) is 36.4 Å². The second-order valence-electron chi connectivity index (χ2n) is 4.64. The molecule has 3 aromatic heterocycles. The van der Waals surface area contributed by atoms with E-state index in [9.17, 15) is 14.4 Å². The molecule has 0 aliphatic rings. The Morgan fingerprint density at radius 3 is 0.929 bits per heavy atom. The van der Waals surface area contributed by atoms with Crippen molar-refractivity contribution in [3.63, 3.8) is 0 Å².